The van der Waals surface area contributed by atoms with Crippen LogP contribution in [0, 0.1) is 0 Å². The molecule has 0 unspecified atom stereocenters. The summed E-state index contributed by atoms with van der Waals surface area (Å²) in [6.45, 7) is 5.77. The van der Waals surface area contributed by atoms with E-state index < -0.39 is 0 Å². The zero-order valence-corrected chi connectivity index (χ0v) is 12.6. The molecule has 0 aliphatic rings. The van der Waals surface area contributed by atoms with Gasteiger partial charge in [0.15, 0.2) is 5.82 Å². The molecule has 100 valence electrons. The van der Waals surface area contributed by atoms with Crippen LogP contribution in [-0.2, 0) is 0 Å². The molecule has 0 spiro atoms. The molecule has 1 heterocycles. The zero-order chi connectivity index (χ0) is 13.8. The maximum Gasteiger partial charge on any atom is 0.230 e. The Morgan fingerprint density at radius 3 is 2.42 bits per heavy atom. The Hall–Kier alpha value is -1.69. The first-order valence-corrected chi connectivity index (χ1v) is 6.96. The van der Waals surface area contributed by atoms with Gasteiger partial charge in [-0.15, -0.1) is 0 Å². The van der Waals surface area contributed by atoms with Crippen molar-refractivity contribution in [3.63, 3.8) is 0 Å². The molecule has 0 amide bonds. The Balaban J connectivity index is 2.51. The van der Waals surface area contributed by atoms with E-state index in [1.807, 2.05) is 29.2 Å². The lowest BCUT2D eigenvalue weighted by Gasteiger charge is -2.19. The maximum absolute atomic E-state index is 5.79. The number of anilines is 2. The van der Waals surface area contributed by atoms with Crippen LogP contribution < -0.4 is 10.6 Å². The number of halogens is 1. The van der Waals surface area contributed by atoms with Crippen molar-refractivity contribution in [2.75, 3.05) is 23.7 Å². The van der Waals surface area contributed by atoms with Crippen LogP contribution in [0.15, 0.2) is 28.7 Å². The highest BCUT2D eigenvalue weighted by Crippen LogP contribution is 2.26. The largest absolute Gasteiger partial charge is 0.368 e. The average Bonchev–Trinajstić information content (AvgIpc) is 2.40. The number of hydrogen-bond acceptors (Lipinski definition) is 5. The number of hydrogen-bond donors (Lipinski definition) is 1. The molecule has 2 rings (SSSR count). The van der Waals surface area contributed by atoms with E-state index in [4.69, 9.17) is 5.73 Å². The van der Waals surface area contributed by atoms with Crippen molar-refractivity contribution in [2.24, 2.45) is 0 Å². The molecule has 0 radical (unpaired) electrons. The minimum atomic E-state index is 0.239. The molecular formula is C13H16BrN5. The fourth-order valence-electron chi connectivity index (χ4n) is 1.79. The van der Waals surface area contributed by atoms with Gasteiger partial charge in [0.25, 0.3) is 0 Å². The van der Waals surface area contributed by atoms with E-state index in [1.54, 1.807) is 0 Å². The smallest absolute Gasteiger partial charge is 0.230 e. The van der Waals surface area contributed by atoms with Gasteiger partial charge in [-0.05, 0) is 19.9 Å². The van der Waals surface area contributed by atoms with Gasteiger partial charge in [-0.2, -0.15) is 15.0 Å². The molecule has 0 fully saturated rings. The molecule has 0 saturated carbocycles. The quantitative estimate of drug-likeness (QED) is 0.937. The highest BCUT2D eigenvalue weighted by Gasteiger charge is 2.12. The summed E-state index contributed by atoms with van der Waals surface area (Å²) in [5.74, 6) is 1.44. The third kappa shape index (κ3) is 3.01. The molecule has 0 aliphatic carbocycles. The van der Waals surface area contributed by atoms with Crippen LogP contribution in [0.3, 0.4) is 0 Å². The van der Waals surface area contributed by atoms with Gasteiger partial charge in [0, 0.05) is 23.1 Å². The van der Waals surface area contributed by atoms with E-state index in [9.17, 15) is 0 Å². The third-order valence-electron chi connectivity index (χ3n) is 2.80. The summed E-state index contributed by atoms with van der Waals surface area (Å²) >= 11 is 3.50. The van der Waals surface area contributed by atoms with Crippen LogP contribution in [0.25, 0.3) is 11.4 Å². The molecule has 0 saturated heterocycles. The van der Waals surface area contributed by atoms with E-state index in [1.165, 1.54) is 0 Å². The van der Waals surface area contributed by atoms with E-state index in [0.717, 1.165) is 23.1 Å². The number of rotatable bonds is 4. The Bertz CT molecular complexity index is 569. The van der Waals surface area contributed by atoms with Gasteiger partial charge in [-0.25, -0.2) is 0 Å². The Kier molecular flexibility index (Phi) is 4.31. The van der Waals surface area contributed by atoms with Crippen LogP contribution in [0.2, 0.25) is 0 Å². The van der Waals surface area contributed by atoms with Gasteiger partial charge in [-0.3, -0.25) is 0 Å². The molecule has 5 nitrogen and oxygen atoms in total. The maximum atomic E-state index is 5.79. The van der Waals surface area contributed by atoms with Crippen molar-refractivity contribution in [3.05, 3.63) is 28.7 Å². The van der Waals surface area contributed by atoms with Crippen molar-refractivity contribution in [3.8, 4) is 11.4 Å². The zero-order valence-electron chi connectivity index (χ0n) is 11.0. The van der Waals surface area contributed by atoms with Gasteiger partial charge in [0.2, 0.25) is 11.9 Å². The van der Waals surface area contributed by atoms with Crippen molar-refractivity contribution in [2.45, 2.75) is 13.8 Å². The third-order valence-corrected chi connectivity index (χ3v) is 3.49. The van der Waals surface area contributed by atoms with Gasteiger partial charge >= 0.3 is 0 Å². The minimum absolute atomic E-state index is 0.239. The molecule has 0 aliphatic heterocycles. The van der Waals surface area contributed by atoms with E-state index in [0.29, 0.717) is 11.8 Å². The second-order valence-corrected chi connectivity index (χ2v) is 4.82. The van der Waals surface area contributed by atoms with Gasteiger partial charge in [0.05, 0.1) is 0 Å². The molecule has 0 atom stereocenters. The van der Waals surface area contributed by atoms with Gasteiger partial charge in [0.1, 0.15) is 0 Å². The van der Waals surface area contributed by atoms with Crippen molar-refractivity contribution < 1.29 is 0 Å². The van der Waals surface area contributed by atoms with Crippen molar-refractivity contribution >= 4 is 27.8 Å². The standard InChI is InChI=1S/C13H16BrN5/c1-3-19(4-2)13-17-11(16-12(15)18-13)9-7-5-6-8-10(9)14/h5-8H,3-4H2,1-2H3,(H2,15,16,17,18). The SMILES string of the molecule is CCN(CC)c1nc(N)nc(-c2ccccc2Br)n1. The Labute approximate surface area is 121 Å². The summed E-state index contributed by atoms with van der Waals surface area (Å²) in [5.41, 5.74) is 6.70. The molecule has 1 aromatic carbocycles. The summed E-state index contributed by atoms with van der Waals surface area (Å²) in [5, 5.41) is 0. The highest BCUT2D eigenvalue weighted by atomic mass is 79.9. The summed E-state index contributed by atoms with van der Waals surface area (Å²) in [4.78, 5) is 15.0. The number of nitrogens with two attached hydrogens (primary N) is 1. The minimum Gasteiger partial charge on any atom is -0.368 e. The average molecular weight is 322 g/mol. The lowest BCUT2D eigenvalue weighted by molar-refractivity contribution is 0.816. The Morgan fingerprint density at radius 1 is 1.11 bits per heavy atom. The first kappa shape index (κ1) is 13.7. The van der Waals surface area contributed by atoms with Crippen LogP contribution in [0.5, 0.6) is 0 Å². The summed E-state index contributed by atoms with van der Waals surface area (Å²) < 4.78 is 0.936. The summed E-state index contributed by atoms with van der Waals surface area (Å²) in [7, 11) is 0. The van der Waals surface area contributed by atoms with Gasteiger partial charge in [-0.1, -0.05) is 34.1 Å². The van der Waals surface area contributed by atoms with E-state index in [-0.39, 0.29) is 5.95 Å². The lowest BCUT2D eigenvalue weighted by Crippen LogP contribution is -2.25. The second kappa shape index (κ2) is 5.97. The monoisotopic (exact) mass is 321 g/mol. The van der Waals surface area contributed by atoms with E-state index >= 15 is 0 Å². The molecule has 1 aromatic heterocycles. The molecule has 2 aromatic rings. The summed E-state index contributed by atoms with van der Waals surface area (Å²) in [6.07, 6.45) is 0. The fourth-order valence-corrected chi connectivity index (χ4v) is 2.25. The first-order chi connectivity index (χ1) is 9.15. The predicted octanol–water partition coefficient (Wildman–Crippen LogP) is 2.73. The number of nitrogen functional groups attached to an aromatic ring is 1. The first-order valence-electron chi connectivity index (χ1n) is 6.17. The number of benzene rings is 1. The molecule has 19 heavy (non-hydrogen) atoms. The van der Waals surface area contributed by atoms with Crippen LogP contribution in [0.4, 0.5) is 11.9 Å². The number of nitrogens with zero attached hydrogens (tertiary/aromatic N) is 4. The highest BCUT2D eigenvalue weighted by molar-refractivity contribution is 9.10. The molecule has 0 bridgehead atoms. The predicted molar refractivity (Wildman–Crippen MR) is 80.9 cm³/mol. The number of aromatic nitrogens is 3. The molecule has 2 N–H and O–H groups in total. The van der Waals surface area contributed by atoms with Crippen molar-refractivity contribution in [1.82, 2.24) is 15.0 Å². The lowest BCUT2D eigenvalue weighted by atomic mass is 10.2. The topological polar surface area (TPSA) is 67.9 Å². The molecular weight excluding hydrogens is 306 g/mol. The molecule has 6 heteroatoms. The van der Waals surface area contributed by atoms with Gasteiger partial charge < -0.3 is 10.6 Å². The fraction of sp³-hybridized carbons (Fsp3) is 0.308. The van der Waals surface area contributed by atoms with E-state index in [2.05, 4.69) is 44.7 Å². The second-order valence-electron chi connectivity index (χ2n) is 3.97. The normalized spacial score (nSPS) is 10.5. The van der Waals surface area contributed by atoms with Crippen LogP contribution in [0.1, 0.15) is 13.8 Å². The summed E-state index contributed by atoms with van der Waals surface area (Å²) in [6, 6.07) is 7.79. The Morgan fingerprint density at radius 2 is 1.79 bits per heavy atom. The van der Waals surface area contributed by atoms with Crippen molar-refractivity contribution in [1.29, 1.82) is 0 Å². The van der Waals surface area contributed by atoms with Crippen LogP contribution in [-0.4, -0.2) is 28.0 Å². The van der Waals surface area contributed by atoms with Crippen LogP contribution >= 0.6 is 15.9 Å².